The molecule has 2 N–H and O–H groups in total. The summed E-state index contributed by atoms with van der Waals surface area (Å²) in [6, 6.07) is 7.33. The zero-order valence-electron chi connectivity index (χ0n) is 11.4. The van der Waals surface area contributed by atoms with E-state index in [4.69, 9.17) is 16.3 Å². The fourth-order valence-electron chi connectivity index (χ4n) is 1.69. The molecule has 0 aliphatic rings. The SMILES string of the molecule is COCC(O)CNC(=O)c1csc(-c2ccccc2Cl)n1. The molecule has 0 saturated heterocycles. The van der Waals surface area contributed by atoms with E-state index in [2.05, 4.69) is 10.3 Å². The van der Waals surface area contributed by atoms with E-state index < -0.39 is 6.10 Å². The van der Waals surface area contributed by atoms with Crippen molar-refractivity contribution in [1.82, 2.24) is 10.3 Å². The van der Waals surface area contributed by atoms with Gasteiger partial charge in [-0.05, 0) is 6.07 Å². The summed E-state index contributed by atoms with van der Waals surface area (Å²) < 4.78 is 4.79. The molecular formula is C14H15ClN2O3S. The summed E-state index contributed by atoms with van der Waals surface area (Å²) in [4.78, 5) is 16.2. The highest BCUT2D eigenvalue weighted by atomic mass is 35.5. The number of thiazole rings is 1. The van der Waals surface area contributed by atoms with Crippen LogP contribution in [0.25, 0.3) is 10.6 Å². The van der Waals surface area contributed by atoms with Crippen LogP contribution in [0.2, 0.25) is 5.02 Å². The van der Waals surface area contributed by atoms with Crippen LogP contribution in [-0.2, 0) is 4.74 Å². The predicted octanol–water partition coefficient (Wildman–Crippen LogP) is 2.20. The van der Waals surface area contributed by atoms with Gasteiger partial charge in [-0.15, -0.1) is 11.3 Å². The van der Waals surface area contributed by atoms with Gasteiger partial charge in [0.25, 0.3) is 5.91 Å². The van der Waals surface area contributed by atoms with Gasteiger partial charge in [-0.25, -0.2) is 4.98 Å². The number of nitrogens with one attached hydrogen (secondary N) is 1. The summed E-state index contributed by atoms with van der Waals surface area (Å²) in [6.07, 6.45) is -0.736. The lowest BCUT2D eigenvalue weighted by Crippen LogP contribution is -2.34. The second kappa shape index (κ2) is 7.51. The molecule has 21 heavy (non-hydrogen) atoms. The van der Waals surface area contributed by atoms with Gasteiger partial charge in [0.15, 0.2) is 0 Å². The first-order valence-electron chi connectivity index (χ1n) is 6.27. The number of amides is 1. The van der Waals surface area contributed by atoms with Crippen molar-refractivity contribution in [2.24, 2.45) is 0 Å². The third-order valence-electron chi connectivity index (χ3n) is 2.70. The van der Waals surface area contributed by atoms with Crippen molar-refractivity contribution >= 4 is 28.8 Å². The van der Waals surface area contributed by atoms with Crippen LogP contribution >= 0.6 is 22.9 Å². The minimum Gasteiger partial charge on any atom is -0.389 e. The number of hydrogen-bond donors (Lipinski definition) is 2. The van der Waals surface area contributed by atoms with Gasteiger partial charge in [-0.2, -0.15) is 0 Å². The van der Waals surface area contributed by atoms with Crippen molar-refractivity contribution in [1.29, 1.82) is 0 Å². The maximum atomic E-state index is 11.9. The van der Waals surface area contributed by atoms with E-state index in [1.165, 1.54) is 18.4 Å². The van der Waals surface area contributed by atoms with Crippen LogP contribution in [0.4, 0.5) is 0 Å². The average molecular weight is 327 g/mol. The Labute approximate surface area is 131 Å². The Kier molecular flexibility index (Phi) is 5.69. The normalized spacial score (nSPS) is 12.1. The van der Waals surface area contributed by atoms with E-state index >= 15 is 0 Å². The predicted molar refractivity (Wildman–Crippen MR) is 82.8 cm³/mol. The number of hydrogen-bond acceptors (Lipinski definition) is 5. The van der Waals surface area contributed by atoms with Crippen LogP contribution in [-0.4, -0.2) is 42.4 Å². The maximum Gasteiger partial charge on any atom is 0.270 e. The lowest BCUT2D eigenvalue weighted by molar-refractivity contribution is 0.0609. The van der Waals surface area contributed by atoms with Crippen molar-refractivity contribution in [3.05, 3.63) is 40.4 Å². The number of halogens is 1. The molecule has 1 aromatic heterocycles. The molecule has 1 amide bonds. The Morgan fingerprint density at radius 3 is 3.00 bits per heavy atom. The lowest BCUT2D eigenvalue weighted by atomic mass is 10.2. The third kappa shape index (κ3) is 4.25. The molecular weight excluding hydrogens is 312 g/mol. The molecule has 0 aliphatic heterocycles. The third-order valence-corrected chi connectivity index (χ3v) is 3.90. The zero-order chi connectivity index (χ0) is 15.2. The maximum absolute atomic E-state index is 11.9. The van der Waals surface area contributed by atoms with Gasteiger partial charge in [-0.1, -0.05) is 29.8 Å². The van der Waals surface area contributed by atoms with Crippen LogP contribution in [0.3, 0.4) is 0 Å². The van der Waals surface area contributed by atoms with Crippen LogP contribution < -0.4 is 5.32 Å². The van der Waals surface area contributed by atoms with E-state index in [1.807, 2.05) is 18.2 Å². The van der Waals surface area contributed by atoms with Crippen LogP contribution in [0.5, 0.6) is 0 Å². The number of rotatable bonds is 6. The summed E-state index contributed by atoms with van der Waals surface area (Å²) >= 11 is 7.45. The van der Waals surface area contributed by atoms with Crippen LogP contribution in [0, 0.1) is 0 Å². The van der Waals surface area contributed by atoms with Crippen LogP contribution in [0.15, 0.2) is 29.6 Å². The summed E-state index contributed by atoms with van der Waals surface area (Å²) in [6.45, 7) is 0.286. The quantitative estimate of drug-likeness (QED) is 0.853. The molecule has 0 bridgehead atoms. The number of aliphatic hydroxyl groups is 1. The Bertz CT molecular complexity index is 618. The van der Waals surface area contributed by atoms with Crippen molar-refractivity contribution in [3.63, 3.8) is 0 Å². The number of aliphatic hydroxyl groups excluding tert-OH is 1. The molecule has 1 unspecified atom stereocenters. The summed E-state index contributed by atoms with van der Waals surface area (Å²) in [5.41, 5.74) is 1.10. The first-order chi connectivity index (χ1) is 10.1. The Morgan fingerprint density at radius 2 is 2.29 bits per heavy atom. The van der Waals surface area contributed by atoms with Crippen LogP contribution in [0.1, 0.15) is 10.5 Å². The molecule has 112 valence electrons. The minimum atomic E-state index is -0.736. The number of aromatic nitrogens is 1. The van der Waals surface area contributed by atoms with Gasteiger partial charge in [0.1, 0.15) is 10.7 Å². The summed E-state index contributed by atoms with van der Waals surface area (Å²) in [7, 11) is 1.49. The Morgan fingerprint density at radius 1 is 1.52 bits per heavy atom. The molecule has 2 rings (SSSR count). The van der Waals surface area contributed by atoms with E-state index in [0.29, 0.717) is 15.7 Å². The fourth-order valence-corrected chi connectivity index (χ4v) is 2.81. The standard InChI is InChI=1S/C14H15ClN2O3S/c1-20-7-9(18)6-16-13(19)12-8-21-14(17-12)10-4-2-3-5-11(10)15/h2-5,8-9,18H,6-7H2,1H3,(H,16,19). The number of nitrogens with zero attached hydrogens (tertiary/aromatic N) is 1. The number of carbonyl (C=O) groups excluding carboxylic acids is 1. The monoisotopic (exact) mass is 326 g/mol. The molecule has 0 spiro atoms. The topological polar surface area (TPSA) is 71.5 Å². The van der Waals surface area contributed by atoms with E-state index in [9.17, 15) is 9.90 Å². The molecule has 1 aromatic carbocycles. The average Bonchev–Trinajstić information content (AvgIpc) is 2.95. The highest BCUT2D eigenvalue weighted by molar-refractivity contribution is 7.13. The minimum absolute atomic E-state index is 0.117. The number of carbonyl (C=O) groups is 1. The Hall–Kier alpha value is -1.47. The van der Waals surface area contributed by atoms with Gasteiger partial charge < -0.3 is 15.2 Å². The first kappa shape index (κ1) is 15.9. The molecule has 5 nitrogen and oxygen atoms in total. The van der Waals surface area contributed by atoms with Gasteiger partial charge in [0.2, 0.25) is 0 Å². The second-order valence-electron chi connectivity index (χ2n) is 4.34. The molecule has 0 radical (unpaired) electrons. The molecule has 0 fully saturated rings. The lowest BCUT2D eigenvalue weighted by Gasteiger charge is -2.09. The highest BCUT2D eigenvalue weighted by Crippen LogP contribution is 2.29. The zero-order valence-corrected chi connectivity index (χ0v) is 12.9. The largest absolute Gasteiger partial charge is 0.389 e. The summed E-state index contributed by atoms with van der Waals surface area (Å²) in [5.74, 6) is -0.334. The Balaban J connectivity index is 2.03. The highest BCUT2D eigenvalue weighted by Gasteiger charge is 2.14. The van der Waals surface area contributed by atoms with Gasteiger partial charge in [0.05, 0.1) is 17.7 Å². The van der Waals surface area contributed by atoms with Crippen molar-refractivity contribution in [2.75, 3.05) is 20.3 Å². The molecule has 2 aromatic rings. The van der Waals surface area contributed by atoms with Crippen molar-refractivity contribution in [2.45, 2.75) is 6.10 Å². The molecule has 1 heterocycles. The number of ether oxygens (including phenoxy) is 1. The first-order valence-corrected chi connectivity index (χ1v) is 7.53. The fraction of sp³-hybridized carbons (Fsp3) is 0.286. The smallest absolute Gasteiger partial charge is 0.270 e. The summed E-state index contributed by atoms with van der Waals surface area (Å²) in [5, 5.41) is 15.0. The van der Waals surface area contributed by atoms with E-state index in [1.54, 1.807) is 11.4 Å². The van der Waals surface area contributed by atoms with Gasteiger partial charge >= 0.3 is 0 Å². The van der Waals surface area contributed by atoms with Gasteiger partial charge in [0, 0.05) is 24.6 Å². The molecule has 0 saturated carbocycles. The van der Waals surface area contributed by atoms with E-state index in [-0.39, 0.29) is 19.1 Å². The number of methoxy groups -OCH3 is 1. The second-order valence-corrected chi connectivity index (χ2v) is 5.60. The molecule has 7 heteroatoms. The molecule has 0 aliphatic carbocycles. The van der Waals surface area contributed by atoms with Gasteiger partial charge in [-0.3, -0.25) is 4.79 Å². The van der Waals surface area contributed by atoms with Crippen molar-refractivity contribution < 1.29 is 14.6 Å². The van der Waals surface area contributed by atoms with Crippen molar-refractivity contribution in [3.8, 4) is 10.6 Å². The number of benzene rings is 1. The molecule has 1 atom stereocenters. The van der Waals surface area contributed by atoms with E-state index in [0.717, 1.165) is 5.56 Å².